The van der Waals surface area contributed by atoms with Crippen molar-refractivity contribution >= 4 is 29.1 Å². The van der Waals surface area contributed by atoms with Gasteiger partial charge in [0.2, 0.25) is 0 Å². The van der Waals surface area contributed by atoms with Crippen LogP contribution in [0.4, 0.5) is 5.69 Å². The van der Waals surface area contributed by atoms with Gasteiger partial charge in [-0.05, 0) is 31.2 Å². The summed E-state index contributed by atoms with van der Waals surface area (Å²) in [6.07, 6.45) is 0. The van der Waals surface area contributed by atoms with Gasteiger partial charge in [-0.15, -0.1) is 0 Å². The van der Waals surface area contributed by atoms with E-state index in [1.54, 1.807) is 0 Å². The van der Waals surface area contributed by atoms with Gasteiger partial charge < -0.3 is 10.2 Å². The molecule has 1 atom stereocenters. The molecule has 0 radical (unpaired) electrons. The number of rotatable bonds is 4. The number of nitrogens with zero attached hydrogens (tertiary/aromatic N) is 1. The highest BCUT2D eigenvalue weighted by Crippen LogP contribution is 2.31. The Labute approximate surface area is 119 Å². The van der Waals surface area contributed by atoms with Gasteiger partial charge >= 0.3 is 0 Å². The fraction of sp³-hybridized carbons (Fsp3) is 0.571. The molecule has 18 heavy (non-hydrogen) atoms. The number of hydrogen-bond acceptors (Lipinski definition) is 3. The van der Waals surface area contributed by atoms with Crippen molar-refractivity contribution in [3.63, 3.8) is 0 Å². The second-order valence-electron chi connectivity index (χ2n) is 4.68. The standard InChI is InChI=1S/C14H21ClN2S/c1-3-16-9-12-4-5-14(13(15)8-12)17-6-7-18-10-11(17)2/h4-5,8,11,16H,3,6-7,9-10H2,1-2H3. The van der Waals surface area contributed by atoms with Gasteiger partial charge in [0.25, 0.3) is 0 Å². The van der Waals surface area contributed by atoms with Crippen LogP contribution in [-0.4, -0.2) is 30.6 Å². The fourth-order valence-corrected chi connectivity index (χ4v) is 3.57. The lowest BCUT2D eigenvalue weighted by Gasteiger charge is -2.35. The fourth-order valence-electron chi connectivity index (χ4n) is 2.25. The molecule has 0 spiro atoms. The average Bonchev–Trinajstić information content (AvgIpc) is 2.38. The Morgan fingerprint density at radius 1 is 1.50 bits per heavy atom. The number of benzene rings is 1. The van der Waals surface area contributed by atoms with Crippen molar-refractivity contribution in [3.05, 3.63) is 28.8 Å². The number of halogens is 1. The third-order valence-corrected chi connectivity index (χ3v) is 4.76. The first-order chi connectivity index (χ1) is 8.72. The van der Waals surface area contributed by atoms with Crippen LogP contribution in [0.15, 0.2) is 18.2 Å². The number of hydrogen-bond donors (Lipinski definition) is 1. The van der Waals surface area contributed by atoms with Crippen LogP contribution in [0.25, 0.3) is 0 Å². The zero-order valence-corrected chi connectivity index (χ0v) is 12.7. The first-order valence-electron chi connectivity index (χ1n) is 6.56. The molecule has 100 valence electrons. The molecule has 1 aliphatic heterocycles. The van der Waals surface area contributed by atoms with Crippen molar-refractivity contribution in [2.24, 2.45) is 0 Å². The number of anilines is 1. The lowest BCUT2D eigenvalue weighted by Crippen LogP contribution is -2.40. The minimum atomic E-state index is 0.570. The maximum atomic E-state index is 6.43. The maximum Gasteiger partial charge on any atom is 0.0642 e. The van der Waals surface area contributed by atoms with E-state index in [-0.39, 0.29) is 0 Å². The molecule has 0 amide bonds. The van der Waals surface area contributed by atoms with Crippen molar-refractivity contribution in [1.82, 2.24) is 5.32 Å². The molecular weight excluding hydrogens is 264 g/mol. The predicted octanol–water partition coefficient (Wildman–Crippen LogP) is 3.39. The summed E-state index contributed by atoms with van der Waals surface area (Å²) in [4.78, 5) is 2.43. The van der Waals surface area contributed by atoms with Crippen LogP contribution in [-0.2, 0) is 6.54 Å². The first kappa shape index (κ1) is 14.0. The van der Waals surface area contributed by atoms with Crippen molar-refractivity contribution < 1.29 is 0 Å². The molecule has 2 nitrogen and oxygen atoms in total. The molecule has 0 aliphatic carbocycles. The molecule has 0 bridgehead atoms. The van der Waals surface area contributed by atoms with Crippen LogP contribution in [0.2, 0.25) is 5.02 Å². The van der Waals surface area contributed by atoms with Gasteiger partial charge in [-0.1, -0.05) is 24.6 Å². The molecule has 1 aromatic rings. The average molecular weight is 285 g/mol. The molecule has 1 heterocycles. The molecule has 0 aromatic heterocycles. The summed E-state index contributed by atoms with van der Waals surface area (Å²) in [5, 5.41) is 4.20. The number of thioether (sulfide) groups is 1. The van der Waals surface area contributed by atoms with E-state index >= 15 is 0 Å². The molecule has 1 unspecified atom stereocenters. The van der Waals surface area contributed by atoms with Crippen LogP contribution >= 0.6 is 23.4 Å². The van der Waals surface area contributed by atoms with Crippen molar-refractivity contribution in [3.8, 4) is 0 Å². The third kappa shape index (κ3) is 3.34. The van der Waals surface area contributed by atoms with Gasteiger partial charge in [0.1, 0.15) is 0 Å². The second kappa shape index (κ2) is 6.69. The van der Waals surface area contributed by atoms with Crippen LogP contribution in [0.5, 0.6) is 0 Å². The van der Waals surface area contributed by atoms with Crippen molar-refractivity contribution in [1.29, 1.82) is 0 Å². The highest BCUT2D eigenvalue weighted by Gasteiger charge is 2.20. The smallest absolute Gasteiger partial charge is 0.0642 e. The Hall–Kier alpha value is -0.380. The quantitative estimate of drug-likeness (QED) is 0.912. The van der Waals surface area contributed by atoms with E-state index < -0.39 is 0 Å². The van der Waals surface area contributed by atoms with E-state index in [1.165, 1.54) is 22.8 Å². The van der Waals surface area contributed by atoms with Crippen LogP contribution in [0.3, 0.4) is 0 Å². The highest BCUT2D eigenvalue weighted by atomic mass is 35.5. The van der Waals surface area contributed by atoms with Crippen LogP contribution in [0, 0.1) is 0 Å². The molecule has 1 fully saturated rings. The zero-order valence-electron chi connectivity index (χ0n) is 11.1. The first-order valence-corrected chi connectivity index (χ1v) is 8.09. The van der Waals surface area contributed by atoms with Gasteiger partial charge in [-0.25, -0.2) is 0 Å². The lowest BCUT2D eigenvalue weighted by molar-refractivity contribution is 0.698. The second-order valence-corrected chi connectivity index (χ2v) is 6.24. The van der Waals surface area contributed by atoms with Crippen LogP contribution in [0.1, 0.15) is 19.4 Å². The topological polar surface area (TPSA) is 15.3 Å². The Morgan fingerprint density at radius 3 is 3.00 bits per heavy atom. The van der Waals surface area contributed by atoms with Gasteiger partial charge in [-0.2, -0.15) is 11.8 Å². The molecule has 4 heteroatoms. The summed E-state index contributed by atoms with van der Waals surface area (Å²) in [7, 11) is 0. The molecule has 2 rings (SSSR count). The Morgan fingerprint density at radius 2 is 2.33 bits per heavy atom. The minimum Gasteiger partial charge on any atom is -0.366 e. The van der Waals surface area contributed by atoms with Crippen molar-refractivity contribution in [2.45, 2.75) is 26.4 Å². The molecule has 1 saturated heterocycles. The van der Waals surface area contributed by atoms with Crippen LogP contribution < -0.4 is 10.2 Å². The predicted molar refractivity (Wildman–Crippen MR) is 83.0 cm³/mol. The third-order valence-electron chi connectivity index (χ3n) is 3.27. The van der Waals surface area contributed by atoms with Gasteiger partial charge in [-0.3, -0.25) is 0 Å². The van der Waals surface area contributed by atoms with E-state index in [4.69, 9.17) is 11.6 Å². The highest BCUT2D eigenvalue weighted by molar-refractivity contribution is 7.99. The summed E-state index contributed by atoms with van der Waals surface area (Å²) in [6.45, 7) is 7.36. The van der Waals surface area contributed by atoms with Gasteiger partial charge in [0.15, 0.2) is 0 Å². The molecule has 1 aliphatic rings. The van der Waals surface area contributed by atoms with E-state index in [9.17, 15) is 0 Å². The normalized spacial score (nSPS) is 20.2. The van der Waals surface area contributed by atoms with E-state index in [0.717, 1.165) is 24.7 Å². The Balaban J connectivity index is 2.13. The molecular formula is C14H21ClN2S. The summed E-state index contributed by atoms with van der Waals surface area (Å²) in [6, 6.07) is 7.01. The number of nitrogens with one attached hydrogen (secondary N) is 1. The zero-order chi connectivity index (χ0) is 13.0. The largest absolute Gasteiger partial charge is 0.366 e. The van der Waals surface area contributed by atoms with Gasteiger partial charge in [0, 0.05) is 30.6 Å². The lowest BCUT2D eigenvalue weighted by atomic mass is 10.1. The maximum absolute atomic E-state index is 6.43. The van der Waals surface area contributed by atoms with Gasteiger partial charge in [0.05, 0.1) is 10.7 Å². The molecule has 1 N–H and O–H groups in total. The summed E-state index contributed by atoms with van der Waals surface area (Å²) < 4.78 is 0. The Kier molecular flexibility index (Phi) is 5.22. The van der Waals surface area contributed by atoms with E-state index in [2.05, 4.69) is 42.3 Å². The monoisotopic (exact) mass is 284 g/mol. The summed E-state index contributed by atoms with van der Waals surface area (Å²) >= 11 is 8.46. The van der Waals surface area contributed by atoms with Crippen molar-refractivity contribution in [2.75, 3.05) is 29.5 Å². The minimum absolute atomic E-state index is 0.570. The Bertz CT molecular complexity index is 397. The molecule has 1 aromatic carbocycles. The van der Waals surface area contributed by atoms with E-state index in [0.29, 0.717) is 6.04 Å². The van der Waals surface area contributed by atoms with E-state index in [1.807, 2.05) is 11.8 Å². The summed E-state index contributed by atoms with van der Waals surface area (Å²) in [5.41, 5.74) is 2.44. The summed E-state index contributed by atoms with van der Waals surface area (Å²) in [5.74, 6) is 2.38. The SMILES string of the molecule is CCNCc1ccc(N2CCSCC2C)c(Cl)c1. The molecule has 0 saturated carbocycles.